The number of aromatic nitrogens is 2. The van der Waals surface area contributed by atoms with E-state index in [-0.39, 0.29) is 22.5 Å². The molecule has 0 unspecified atom stereocenters. The SMILES string of the molecule is COc1ccn2c(-c3ccc(NC(=O)c4ccc([N+](=O)[O-])o4)c(C)c3C(F)(F)F)cnc2c1. The molecule has 33 heavy (non-hydrogen) atoms. The Morgan fingerprint density at radius 1 is 1.24 bits per heavy atom. The zero-order valence-electron chi connectivity index (χ0n) is 17.1. The fourth-order valence-electron chi connectivity index (χ4n) is 3.45. The number of methoxy groups -OCH3 is 1. The van der Waals surface area contributed by atoms with Crippen LogP contribution in [0.4, 0.5) is 24.7 Å². The Morgan fingerprint density at radius 2 is 2.00 bits per heavy atom. The van der Waals surface area contributed by atoms with Crippen LogP contribution in [0, 0.1) is 17.0 Å². The van der Waals surface area contributed by atoms with Gasteiger partial charge in [0, 0.05) is 23.5 Å². The number of carbonyl (C=O) groups is 1. The minimum Gasteiger partial charge on any atom is -0.497 e. The maximum Gasteiger partial charge on any atom is 0.433 e. The van der Waals surface area contributed by atoms with E-state index in [2.05, 4.69) is 10.3 Å². The summed E-state index contributed by atoms with van der Waals surface area (Å²) in [6.07, 6.45) is -1.88. The number of nitrogens with one attached hydrogen (secondary N) is 1. The van der Waals surface area contributed by atoms with Gasteiger partial charge in [-0.1, -0.05) is 6.07 Å². The highest BCUT2D eigenvalue weighted by atomic mass is 19.4. The van der Waals surface area contributed by atoms with Crippen LogP contribution in [0.2, 0.25) is 0 Å². The van der Waals surface area contributed by atoms with Crippen molar-refractivity contribution in [2.45, 2.75) is 13.1 Å². The predicted molar refractivity (Wildman–Crippen MR) is 110 cm³/mol. The first kappa shape index (κ1) is 21.9. The number of benzene rings is 1. The molecule has 0 saturated carbocycles. The molecule has 3 aromatic heterocycles. The van der Waals surface area contributed by atoms with Crippen molar-refractivity contribution < 1.29 is 32.0 Å². The molecule has 1 N–H and O–H groups in total. The third-order valence-corrected chi connectivity index (χ3v) is 4.99. The summed E-state index contributed by atoms with van der Waals surface area (Å²) in [6, 6.07) is 7.76. The topological polar surface area (TPSA) is 112 Å². The molecule has 0 aliphatic heterocycles. The molecule has 4 rings (SSSR count). The number of carbonyl (C=O) groups excluding carboxylic acids is 1. The van der Waals surface area contributed by atoms with Crippen LogP contribution in [-0.2, 0) is 6.18 Å². The number of pyridine rings is 1. The highest BCUT2D eigenvalue weighted by Crippen LogP contribution is 2.42. The molecular weight excluding hydrogens is 445 g/mol. The number of anilines is 1. The van der Waals surface area contributed by atoms with Crippen LogP contribution in [0.25, 0.3) is 16.9 Å². The predicted octanol–water partition coefficient (Wildman–Crippen LogP) is 5.09. The van der Waals surface area contributed by atoms with Gasteiger partial charge in [-0.15, -0.1) is 0 Å². The fourth-order valence-corrected chi connectivity index (χ4v) is 3.45. The van der Waals surface area contributed by atoms with Crippen LogP contribution < -0.4 is 10.1 Å². The second kappa shape index (κ2) is 7.97. The standard InChI is InChI=1S/C21H15F3N4O5/c1-11-14(26-20(29)16-5-6-18(33-16)28(30)31)4-3-13(19(11)21(22,23)24)15-10-25-17-9-12(32-2)7-8-27(15)17/h3-10H,1-2H3,(H,26,29). The van der Waals surface area contributed by atoms with Crippen molar-refractivity contribution in [3.8, 4) is 17.0 Å². The molecular formula is C21H15F3N4O5. The second-order valence-corrected chi connectivity index (χ2v) is 6.95. The number of nitro groups is 1. The van der Waals surface area contributed by atoms with E-state index in [0.29, 0.717) is 11.4 Å². The van der Waals surface area contributed by atoms with Gasteiger partial charge < -0.3 is 14.5 Å². The summed E-state index contributed by atoms with van der Waals surface area (Å²) in [6.45, 7) is 1.22. The molecule has 0 spiro atoms. The maximum absolute atomic E-state index is 14.1. The first-order chi connectivity index (χ1) is 15.6. The summed E-state index contributed by atoms with van der Waals surface area (Å²) < 4.78 is 53.7. The quantitative estimate of drug-likeness (QED) is 0.328. The molecule has 170 valence electrons. The Kier molecular flexibility index (Phi) is 5.28. The Labute approximate surface area is 183 Å². The Morgan fingerprint density at radius 3 is 2.64 bits per heavy atom. The zero-order chi connectivity index (χ0) is 23.9. The molecule has 4 aromatic rings. The summed E-state index contributed by atoms with van der Waals surface area (Å²) in [5.41, 5.74) is -0.856. The molecule has 3 heterocycles. The van der Waals surface area contributed by atoms with Crippen LogP contribution in [0.3, 0.4) is 0 Å². The van der Waals surface area contributed by atoms with Gasteiger partial charge in [-0.05, 0) is 30.7 Å². The third-order valence-electron chi connectivity index (χ3n) is 4.99. The highest BCUT2D eigenvalue weighted by molar-refractivity contribution is 6.03. The third kappa shape index (κ3) is 3.97. The number of fused-ring (bicyclic) bond motifs is 1. The number of amides is 1. The first-order valence-corrected chi connectivity index (χ1v) is 9.38. The molecule has 0 atom stereocenters. The van der Waals surface area contributed by atoms with Crippen LogP contribution in [0.5, 0.6) is 5.75 Å². The van der Waals surface area contributed by atoms with Crippen molar-refractivity contribution in [1.29, 1.82) is 0 Å². The molecule has 0 fully saturated rings. The zero-order valence-corrected chi connectivity index (χ0v) is 17.1. The minimum absolute atomic E-state index is 0.120. The van der Waals surface area contributed by atoms with Crippen LogP contribution in [-0.4, -0.2) is 27.3 Å². The van der Waals surface area contributed by atoms with Crippen LogP contribution >= 0.6 is 0 Å². The summed E-state index contributed by atoms with van der Waals surface area (Å²) >= 11 is 0. The van der Waals surface area contributed by atoms with Gasteiger partial charge >= 0.3 is 12.1 Å². The van der Waals surface area contributed by atoms with Gasteiger partial charge in [0.25, 0.3) is 5.91 Å². The van der Waals surface area contributed by atoms with Crippen molar-refractivity contribution in [1.82, 2.24) is 9.38 Å². The lowest BCUT2D eigenvalue weighted by Gasteiger charge is -2.19. The van der Waals surface area contributed by atoms with Gasteiger partial charge in [-0.2, -0.15) is 13.2 Å². The number of imidazole rings is 1. The normalized spacial score (nSPS) is 11.5. The lowest BCUT2D eigenvalue weighted by Crippen LogP contribution is -2.16. The largest absolute Gasteiger partial charge is 0.497 e. The number of furan rings is 1. The fraction of sp³-hybridized carbons (Fsp3) is 0.143. The number of ether oxygens (including phenoxy) is 1. The minimum atomic E-state index is -4.75. The van der Waals surface area contributed by atoms with E-state index >= 15 is 0 Å². The lowest BCUT2D eigenvalue weighted by atomic mass is 9.97. The summed E-state index contributed by atoms with van der Waals surface area (Å²) in [5.74, 6) is -1.49. The molecule has 1 aromatic carbocycles. The summed E-state index contributed by atoms with van der Waals surface area (Å²) in [7, 11) is 1.47. The van der Waals surface area contributed by atoms with Crippen LogP contribution in [0.15, 0.2) is 53.2 Å². The number of hydrogen-bond acceptors (Lipinski definition) is 6. The molecule has 0 bridgehead atoms. The average molecular weight is 460 g/mol. The van der Waals surface area contributed by atoms with Gasteiger partial charge in [0.2, 0.25) is 0 Å². The van der Waals surface area contributed by atoms with Crippen molar-refractivity contribution in [3.05, 3.63) is 75.8 Å². The summed E-state index contributed by atoms with van der Waals surface area (Å²) in [5, 5.41) is 13.0. The molecule has 0 saturated heterocycles. The first-order valence-electron chi connectivity index (χ1n) is 9.38. The Bertz CT molecular complexity index is 1390. The average Bonchev–Trinajstić information content (AvgIpc) is 3.41. The van der Waals surface area contributed by atoms with Gasteiger partial charge in [0.05, 0.1) is 30.6 Å². The molecule has 0 aliphatic rings. The van der Waals surface area contributed by atoms with Crippen molar-refractivity contribution in [2.75, 3.05) is 12.4 Å². The monoisotopic (exact) mass is 460 g/mol. The Hall–Kier alpha value is -4.35. The van der Waals surface area contributed by atoms with E-state index in [1.54, 1.807) is 18.3 Å². The van der Waals surface area contributed by atoms with Crippen molar-refractivity contribution >= 4 is 23.1 Å². The van der Waals surface area contributed by atoms with Gasteiger partial charge in [0.1, 0.15) is 16.3 Å². The molecule has 12 heteroatoms. The highest BCUT2D eigenvalue weighted by Gasteiger charge is 2.37. The summed E-state index contributed by atoms with van der Waals surface area (Å²) in [4.78, 5) is 26.4. The smallest absolute Gasteiger partial charge is 0.433 e. The van der Waals surface area contributed by atoms with E-state index in [0.717, 1.165) is 12.1 Å². The van der Waals surface area contributed by atoms with E-state index < -0.39 is 34.2 Å². The Balaban J connectivity index is 1.77. The lowest BCUT2D eigenvalue weighted by molar-refractivity contribution is -0.402. The van der Waals surface area contributed by atoms with Gasteiger partial charge in [0.15, 0.2) is 5.76 Å². The number of hydrogen-bond donors (Lipinski definition) is 1. The molecule has 9 nitrogen and oxygen atoms in total. The van der Waals surface area contributed by atoms with E-state index in [4.69, 9.17) is 9.15 Å². The molecule has 0 aliphatic carbocycles. The number of rotatable bonds is 5. The van der Waals surface area contributed by atoms with E-state index in [1.165, 1.54) is 36.8 Å². The maximum atomic E-state index is 14.1. The number of halogens is 3. The molecule has 0 radical (unpaired) electrons. The van der Waals surface area contributed by atoms with Crippen molar-refractivity contribution in [3.63, 3.8) is 0 Å². The van der Waals surface area contributed by atoms with Crippen LogP contribution in [0.1, 0.15) is 21.7 Å². The van der Waals surface area contributed by atoms with Gasteiger partial charge in [-0.3, -0.25) is 19.3 Å². The number of alkyl halides is 3. The van der Waals surface area contributed by atoms with Gasteiger partial charge in [-0.25, -0.2) is 4.98 Å². The number of nitrogens with zero attached hydrogens (tertiary/aromatic N) is 3. The molecule has 1 amide bonds. The van der Waals surface area contributed by atoms with E-state index in [9.17, 15) is 28.1 Å². The van der Waals surface area contributed by atoms with E-state index in [1.807, 2.05) is 0 Å². The second-order valence-electron chi connectivity index (χ2n) is 6.95. The van der Waals surface area contributed by atoms with Crippen molar-refractivity contribution in [2.24, 2.45) is 0 Å².